The van der Waals surface area contributed by atoms with Crippen molar-refractivity contribution in [1.82, 2.24) is 15.6 Å². The van der Waals surface area contributed by atoms with Gasteiger partial charge in [0.05, 0.1) is 7.11 Å². The average Bonchev–Trinajstić information content (AvgIpc) is 3.12. The van der Waals surface area contributed by atoms with E-state index in [1.54, 1.807) is 14.2 Å². The van der Waals surface area contributed by atoms with Crippen molar-refractivity contribution in [1.29, 1.82) is 0 Å². The highest BCUT2D eigenvalue weighted by Crippen LogP contribution is 2.25. The van der Waals surface area contributed by atoms with Crippen LogP contribution in [0.3, 0.4) is 0 Å². The molecule has 1 heterocycles. The highest BCUT2D eigenvalue weighted by molar-refractivity contribution is 14.0. The first kappa shape index (κ1) is 23.0. The maximum atomic E-state index is 13.3. The molecule has 0 saturated heterocycles. The van der Waals surface area contributed by atoms with E-state index >= 15 is 0 Å². The number of rotatable bonds is 7. The van der Waals surface area contributed by atoms with E-state index < -0.39 is 0 Å². The number of fused-ring (bicyclic) bond motifs is 1. The summed E-state index contributed by atoms with van der Waals surface area (Å²) in [6, 6.07) is 12.9. The predicted octanol–water partition coefficient (Wildman–Crippen LogP) is 4.44. The molecule has 0 saturated carbocycles. The van der Waals surface area contributed by atoms with Crippen LogP contribution >= 0.6 is 24.0 Å². The summed E-state index contributed by atoms with van der Waals surface area (Å²) >= 11 is 0. The molecule has 1 unspecified atom stereocenters. The number of ether oxygens (including phenoxy) is 1. The van der Waals surface area contributed by atoms with Crippen molar-refractivity contribution in [3.05, 3.63) is 65.6 Å². The third-order valence-electron chi connectivity index (χ3n) is 4.89. The lowest BCUT2D eigenvalue weighted by atomic mass is 10.0. The molecule has 0 bridgehead atoms. The number of guanidine groups is 1. The van der Waals surface area contributed by atoms with Gasteiger partial charge in [-0.3, -0.25) is 4.99 Å². The second-order valence-electron chi connectivity index (χ2n) is 6.78. The molecule has 0 amide bonds. The molecule has 3 rings (SSSR count). The molecule has 29 heavy (non-hydrogen) atoms. The van der Waals surface area contributed by atoms with Crippen molar-refractivity contribution >= 4 is 40.8 Å². The largest absolute Gasteiger partial charge is 0.496 e. The Balaban J connectivity index is 0.00000300. The van der Waals surface area contributed by atoms with E-state index in [1.165, 1.54) is 17.7 Å². The highest BCUT2D eigenvalue weighted by atomic mass is 127. The Hall–Kier alpha value is -2.29. The van der Waals surface area contributed by atoms with Gasteiger partial charge in [-0.1, -0.05) is 25.1 Å². The van der Waals surface area contributed by atoms with E-state index in [0.717, 1.165) is 47.7 Å². The first-order valence-electron chi connectivity index (χ1n) is 9.45. The van der Waals surface area contributed by atoms with Gasteiger partial charge in [0.25, 0.3) is 0 Å². The molecule has 2 aromatic carbocycles. The standard InChI is InChI=1S/C22H27FN4O.HI/c1-15(18-6-4-5-7-21(18)28-3)13-27-22(24-2)25-11-10-16-14-26-20-12-17(23)8-9-19(16)20;/h4-9,12,14-15,26H,10-11,13H2,1-3H3,(H2,24,25,27);1H. The fourth-order valence-corrected chi connectivity index (χ4v) is 3.33. The van der Waals surface area contributed by atoms with Gasteiger partial charge in [0.15, 0.2) is 5.96 Å². The van der Waals surface area contributed by atoms with Gasteiger partial charge in [-0.15, -0.1) is 24.0 Å². The van der Waals surface area contributed by atoms with Gasteiger partial charge < -0.3 is 20.4 Å². The molecular formula is C22H28FIN4O. The van der Waals surface area contributed by atoms with E-state index in [9.17, 15) is 4.39 Å². The van der Waals surface area contributed by atoms with E-state index in [1.807, 2.05) is 30.5 Å². The van der Waals surface area contributed by atoms with Crippen molar-refractivity contribution in [2.45, 2.75) is 19.3 Å². The van der Waals surface area contributed by atoms with Gasteiger partial charge in [0.2, 0.25) is 0 Å². The van der Waals surface area contributed by atoms with Crippen LogP contribution < -0.4 is 15.4 Å². The summed E-state index contributed by atoms with van der Waals surface area (Å²) in [6.45, 7) is 3.63. The van der Waals surface area contributed by atoms with Gasteiger partial charge in [-0.2, -0.15) is 0 Å². The van der Waals surface area contributed by atoms with Crippen LogP contribution in [0, 0.1) is 5.82 Å². The normalized spacial score (nSPS) is 12.3. The van der Waals surface area contributed by atoms with Crippen molar-refractivity contribution < 1.29 is 9.13 Å². The van der Waals surface area contributed by atoms with Crippen LogP contribution in [-0.2, 0) is 6.42 Å². The minimum Gasteiger partial charge on any atom is -0.496 e. The molecule has 0 aliphatic carbocycles. The average molecular weight is 510 g/mol. The zero-order valence-electron chi connectivity index (χ0n) is 17.0. The summed E-state index contributed by atoms with van der Waals surface area (Å²) in [5.41, 5.74) is 3.14. The quantitative estimate of drug-likeness (QED) is 0.250. The third-order valence-corrected chi connectivity index (χ3v) is 4.89. The minimum atomic E-state index is -0.229. The number of hydrogen-bond acceptors (Lipinski definition) is 2. The fourth-order valence-electron chi connectivity index (χ4n) is 3.33. The number of nitrogens with zero attached hydrogens (tertiary/aromatic N) is 1. The van der Waals surface area contributed by atoms with Crippen LogP contribution in [0.5, 0.6) is 5.75 Å². The van der Waals surface area contributed by atoms with Gasteiger partial charge in [0.1, 0.15) is 11.6 Å². The van der Waals surface area contributed by atoms with Gasteiger partial charge in [0, 0.05) is 43.2 Å². The molecule has 1 atom stereocenters. The number of nitrogens with one attached hydrogen (secondary N) is 3. The molecule has 0 radical (unpaired) electrons. The second kappa shape index (κ2) is 11.0. The minimum absolute atomic E-state index is 0. The van der Waals surface area contributed by atoms with E-state index in [2.05, 4.69) is 33.6 Å². The molecule has 5 nitrogen and oxygen atoms in total. The molecule has 0 aliphatic heterocycles. The van der Waals surface area contributed by atoms with E-state index in [4.69, 9.17) is 4.74 Å². The molecule has 156 valence electrons. The van der Waals surface area contributed by atoms with Crippen molar-refractivity contribution in [3.63, 3.8) is 0 Å². The number of halogens is 2. The summed E-state index contributed by atoms with van der Waals surface area (Å²) < 4.78 is 18.8. The molecular weight excluding hydrogens is 482 g/mol. The zero-order valence-corrected chi connectivity index (χ0v) is 19.3. The number of aromatic nitrogens is 1. The first-order valence-corrected chi connectivity index (χ1v) is 9.45. The zero-order chi connectivity index (χ0) is 19.9. The highest BCUT2D eigenvalue weighted by Gasteiger charge is 2.11. The van der Waals surface area contributed by atoms with Gasteiger partial charge in [-0.25, -0.2) is 4.39 Å². The lowest BCUT2D eigenvalue weighted by Crippen LogP contribution is -2.39. The fraction of sp³-hybridized carbons (Fsp3) is 0.318. The third kappa shape index (κ3) is 5.85. The monoisotopic (exact) mass is 510 g/mol. The van der Waals surface area contributed by atoms with Crippen LogP contribution in [0.25, 0.3) is 10.9 Å². The Morgan fingerprint density at radius 3 is 2.76 bits per heavy atom. The number of aromatic amines is 1. The summed E-state index contributed by atoms with van der Waals surface area (Å²) in [5, 5.41) is 7.76. The molecule has 7 heteroatoms. The second-order valence-corrected chi connectivity index (χ2v) is 6.78. The van der Waals surface area contributed by atoms with Crippen molar-refractivity contribution in [2.24, 2.45) is 4.99 Å². The number of H-pyrrole nitrogens is 1. The molecule has 3 N–H and O–H groups in total. The smallest absolute Gasteiger partial charge is 0.191 e. The van der Waals surface area contributed by atoms with Crippen molar-refractivity contribution in [3.8, 4) is 5.75 Å². The number of aliphatic imine (C=N–C) groups is 1. The molecule has 0 spiro atoms. The molecule has 0 fully saturated rings. The molecule has 3 aromatic rings. The predicted molar refractivity (Wildman–Crippen MR) is 128 cm³/mol. The summed E-state index contributed by atoms with van der Waals surface area (Å²) in [7, 11) is 3.45. The number of para-hydroxylation sites is 1. The Morgan fingerprint density at radius 2 is 2.00 bits per heavy atom. The number of methoxy groups -OCH3 is 1. The lowest BCUT2D eigenvalue weighted by Gasteiger charge is -2.18. The summed E-state index contributed by atoms with van der Waals surface area (Å²) in [6.07, 6.45) is 2.75. The van der Waals surface area contributed by atoms with Crippen LogP contribution in [-0.4, -0.2) is 38.2 Å². The Labute approximate surface area is 188 Å². The molecule has 0 aliphatic rings. The summed E-state index contributed by atoms with van der Waals surface area (Å²) in [5.74, 6) is 1.70. The molecule has 1 aromatic heterocycles. The lowest BCUT2D eigenvalue weighted by molar-refractivity contribution is 0.406. The number of hydrogen-bond donors (Lipinski definition) is 3. The van der Waals surface area contributed by atoms with Gasteiger partial charge >= 0.3 is 0 Å². The van der Waals surface area contributed by atoms with E-state index in [-0.39, 0.29) is 35.7 Å². The van der Waals surface area contributed by atoms with Crippen molar-refractivity contribution in [2.75, 3.05) is 27.2 Å². The number of benzene rings is 2. The maximum Gasteiger partial charge on any atom is 0.191 e. The first-order chi connectivity index (χ1) is 13.6. The van der Waals surface area contributed by atoms with Crippen LogP contribution in [0.15, 0.2) is 53.7 Å². The Bertz CT molecular complexity index is 957. The van der Waals surface area contributed by atoms with Crippen LogP contribution in [0.2, 0.25) is 0 Å². The van der Waals surface area contributed by atoms with Crippen LogP contribution in [0.4, 0.5) is 4.39 Å². The van der Waals surface area contributed by atoms with Crippen LogP contribution in [0.1, 0.15) is 24.0 Å². The van der Waals surface area contributed by atoms with Gasteiger partial charge in [-0.05, 0) is 41.8 Å². The SMILES string of the molecule is CN=C(NCCc1c[nH]c2cc(F)ccc12)NCC(C)c1ccccc1OC.I. The Kier molecular flexibility index (Phi) is 8.75. The maximum absolute atomic E-state index is 13.3. The summed E-state index contributed by atoms with van der Waals surface area (Å²) in [4.78, 5) is 7.42. The topological polar surface area (TPSA) is 61.4 Å². The van der Waals surface area contributed by atoms with E-state index in [0.29, 0.717) is 0 Å². The Morgan fingerprint density at radius 1 is 1.21 bits per heavy atom.